The summed E-state index contributed by atoms with van der Waals surface area (Å²) >= 11 is 0. The Morgan fingerprint density at radius 2 is 1.52 bits per heavy atom. The molecule has 134 valence electrons. The summed E-state index contributed by atoms with van der Waals surface area (Å²) in [7, 11) is 0. The molecule has 0 aliphatic heterocycles. The van der Waals surface area contributed by atoms with Crippen molar-refractivity contribution in [3.8, 4) is 17.8 Å². The lowest BCUT2D eigenvalue weighted by atomic mass is 10.4. The summed E-state index contributed by atoms with van der Waals surface area (Å²) in [5, 5.41) is 14.1. The standard InChI is InChI=1S/C16H23N7O2/c1-6-9-24-12-7-8-13(23-22-12)25-16-20-14(17-10(2)3)19-15(21-16)18-11(4)5/h6-8,10-11H,1,9H2,2-5H3,(H2,17,18,19,20,21). The first-order chi connectivity index (χ1) is 12.0. The van der Waals surface area contributed by atoms with E-state index in [9.17, 15) is 0 Å². The van der Waals surface area contributed by atoms with E-state index in [1.54, 1.807) is 18.2 Å². The van der Waals surface area contributed by atoms with E-state index in [2.05, 4.69) is 42.4 Å². The molecule has 2 aromatic rings. The van der Waals surface area contributed by atoms with Crippen LogP contribution in [0.3, 0.4) is 0 Å². The van der Waals surface area contributed by atoms with Crippen molar-refractivity contribution in [1.29, 1.82) is 0 Å². The SMILES string of the molecule is C=CCOc1ccc(Oc2nc(NC(C)C)nc(NC(C)C)n2)nn1. The van der Waals surface area contributed by atoms with Crippen LogP contribution >= 0.6 is 0 Å². The van der Waals surface area contributed by atoms with Gasteiger partial charge in [-0.25, -0.2) is 0 Å². The molecule has 9 heteroatoms. The number of ether oxygens (including phenoxy) is 2. The molecule has 0 radical (unpaired) electrons. The highest BCUT2D eigenvalue weighted by Crippen LogP contribution is 2.19. The third kappa shape index (κ3) is 6.21. The first-order valence-electron chi connectivity index (χ1n) is 8.00. The van der Waals surface area contributed by atoms with Gasteiger partial charge in [0.05, 0.1) is 0 Å². The Morgan fingerprint density at radius 1 is 0.960 bits per heavy atom. The average molecular weight is 345 g/mol. The molecule has 2 heterocycles. The summed E-state index contributed by atoms with van der Waals surface area (Å²) < 4.78 is 10.9. The molecule has 0 bridgehead atoms. The zero-order valence-electron chi connectivity index (χ0n) is 14.9. The van der Waals surface area contributed by atoms with E-state index in [-0.39, 0.29) is 24.0 Å². The molecule has 0 unspecified atom stereocenters. The topological polar surface area (TPSA) is 107 Å². The molecule has 2 N–H and O–H groups in total. The molecule has 0 aliphatic rings. The molecule has 0 aliphatic carbocycles. The van der Waals surface area contributed by atoms with E-state index < -0.39 is 0 Å². The van der Waals surface area contributed by atoms with Gasteiger partial charge in [0, 0.05) is 24.2 Å². The highest BCUT2D eigenvalue weighted by atomic mass is 16.5. The number of nitrogens with zero attached hydrogens (tertiary/aromatic N) is 5. The van der Waals surface area contributed by atoms with Crippen molar-refractivity contribution in [3.05, 3.63) is 24.8 Å². The smallest absolute Gasteiger partial charge is 0.330 e. The van der Waals surface area contributed by atoms with Gasteiger partial charge < -0.3 is 20.1 Å². The molecule has 0 aromatic carbocycles. The predicted octanol–water partition coefficient (Wildman–Crippen LogP) is 2.66. The molecule has 0 saturated carbocycles. The van der Waals surface area contributed by atoms with Crippen molar-refractivity contribution in [2.24, 2.45) is 0 Å². The number of anilines is 2. The molecule has 0 amide bonds. The minimum Gasteiger partial charge on any atom is -0.472 e. The van der Waals surface area contributed by atoms with E-state index >= 15 is 0 Å². The fourth-order valence-corrected chi connectivity index (χ4v) is 1.72. The second kappa shape index (κ2) is 8.76. The molecule has 0 saturated heterocycles. The minimum atomic E-state index is 0.121. The Kier molecular flexibility index (Phi) is 6.44. The normalized spacial score (nSPS) is 10.6. The van der Waals surface area contributed by atoms with Crippen LogP contribution in [-0.2, 0) is 0 Å². The molecule has 0 atom stereocenters. The molecule has 2 aromatic heterocycles. The maximum absolute atomic E-state index is 5.59. The molecular weight excluding hydrogens is 322 g/mol. The summed E-state index contributed by atoms with van der Waals surface area (Å²) in [6.45, 7) is 11.9. The Bertz CT molecular complexity index is 661. The number of rotatable bonds is 9. The zero-order valence-corrected chi connectivity index (χ0v) is 14.9. The van der Waals surface area contributed by atoms with E-state index in [0.29, 0.717) is 24.4 Å². The van der Waals surface area contributed by atoms with Crippen LogP contribution in [0.2, 0.25) is 0 Å². The van der Waals surface area contributed by atoms with Crippen LogP contribution in [0, 0.1) is 0 Å². The second-order valence-electron chi connectivity index (χ2n) is 5.77. The van der Waals surface area contributed by atoms with Gasteiger partial charge >= 0.3 is 6.01 Å². The monoisotopic (exact) mass is 345 g/mol. The Morgan fingerprint density at radius 3 is 2.00 bits per heavy atom. The van der Waals surface area contributed by atoms with Gasteiger partial charge in [-0.05, 0) is 27.7 Å². The Balaban J connectivity index is 2.17. The van der Waals surface area contributed by atoms with Gasteiger partial charge in [-0.15, -0.1) is 10.2 Å². The number of nitrogens with one attached hydrogen (secondary N) is 2. The maximum atomic E-state index is 5.59. The third-order valence-electron chi connectivity index (χ3n) is 2.61. The molecule has 2 rings (SSSR count). The van der Waals surface area contributed by atoms with Crippen LogP contribution in [-0.4, -0.2) is 43.8 Å². The Labute approximate surface area is 146 Å². The third-order valence-corrected chi connectivity index (χ3v) is 2.61. The molecule has 0 fully saturated rings. The number of hydrogen-bond acceptors (Lipinski definition) is 9. The molecule has 9 nitrogen and oxygen atoms in total. The Hall–Kier alpha value is -2.97. The second-order valence-corrected chi connectivity index (χ2v) is 5.77. The lowest BCUT2D eigenvalue weighted by Gasteiger charge is -2.13. The highest BCUT2D eigenvalue weighted by Gasteiger charge is 2.11. The van der Waals surface area contributed by atoms with Gasteiger partial charge in [-0.1, -0.05) is 12.7 Å². The number of hydrogen-bond donors (Lipinski definition) is 2. The van der Waals surface area contributed by atoms with Crippen molar-refractivity contribution in [3.63, 3.8) is 0 Å². The summed E-state index contributed by atoms with van der Waals surface area (Å²) in [5.74, 6) is 1.47. The van der Waals surface area contributed by atoms with Gasteiger partial charge in [-0.3, -0.25) is 0 Å². The van der Waals surface area contributed by atoms with Gasteiger partial charge in [0.25, 0.3) is 0 Å². The van der Waals surface area contributed by atoms with Crippen molar-refractivity contribution in [1.82, 2.24) is 25.1 Å². The van der Waals surface area contributed by atoms with Gasteiger partial charge in [0.15, 0.2) is 0 Å². The van der Waals surface area contributed by atoms with Crippen LogP contribution in [0.15, 0.2) is 24.8 Å². The summed E-state index contributed by atoms with van der Waals surface area (Å²) in [6, 6.07) is 3.73. The zero-order chi connectivity index (χ0) is 18.2. The van der Waals surface area contributed by atoms with Crippen molar-refractivity contribution in [2.75, 3.05) is 17.2 Å². The van der Waals surface area contributed by atoms with Crippen LogP contribution < -0.4 is 20.1 Å². The fourth-order valence-electron chi connectivity index (χ4n) is 1.72. The van der Waals surface area contributed by atoms with Crippen LogP contribution in [0.5, 0.6) is 17.8 Å². The van der Waals surface area contributed by atoms with E-state index in [4.69, 9.17) is 9.47 Å². The van der Waals surface area contributed by atoms with E-state index in [0.717, 1.165) is 0 Å². The fraction of sp³-hybridized carbons (Fsp3) is 0.438. The van der Waals surface area contributed by atoms with Crippen LogP contribution in [0.4, 0.5) is 11.9 Å². The van der Waals surface area contributed by atoms with Crippen LogP contribution in [0.25, 0.3) is 0 Å². The summed E-state index contributed by atoms with van der Waals surface area (Å²) in [5.41, 5.74) is 0. The lowest BCUT2D eigenvalue weighted by molar-refractivity contribution is 0.338. The molecular formula is C16H23N7O2. The van der Waals surface area contributed by atoms with Crippen molar-refractivity contribution >= 4 is 11.9 Å². The minimum absolute atomic E-state index is 0.121. The number of aromatic nitrogens is 5. The van der Waals surface area contributed by atoms with Crippen molar-refractivity contribution in [2.45, 2.75) is 39.8 Å². The first kappa shape index (κ1) is 18.4. The highest BCUT2D eigenvalue weighted by molar-refractivity contribution is 5.37. The summed E-state index contributed by atoms with van der Waals surface area (Å²) in [6.07, 6.45) is 1.63. The maximum Gasteiger partial charge on any atom is 0.330 e. The largest absolute Gasteiger partial charge is 0.472 e. The van der Waals surface area contributed by atoms with Gasteiger partial charge in [0.2, 0.25) is 23.7 Å². The quantitative estimate of drug-likeness (QED) is 0.663. The lowest BCUT2D eigenvalue weighted by Crippen LogP contribution is -2.17. The predicted molar refractivity (Wildman–Crippen MR) is 95.1 cm³/mol. The van der Waals surface area contributed by atoms with Gasteiger partial charge in [-0.2, -0.15) is 15.0 Å². The first-order valence-corrected chi connectivity index (χ1v) is 8.00. The van der Waals surface area contributed by atoms with Crippen molar-refractivity contribution < 1.29 is 9.47 Å². The van der Waals surface area contributed by atoms with Gasteiger partial charge in [0.1, 0.15) is 6.61 Å². The van der Waals surface area contributed by atoms with Crippen LogP contribution in [0.1, 0.15) is 27.7 Å². The average Bonchev–Trinajstić information content (AvgIpc) is 2.52. The van der Waals surface area contributed by atoms with E-state index in [1.807, 2.05) is 27.7 Å². The summed E-state index contributed by atoms with van der Waals surface area (Å²) in [4.78, 5) is 12.8. The molecule has 0 spiro atoms. The molecule has 25 heavy (non-hydrogen) atoms. The van der Waals surface area contributed by atoms with E-state index in [1.165, 1.54) is 0 Å².